The van der Waals surface area contributed by atoms with Gasteiger partial charge in [0.1, 0.15) is 0 Å². The van der Waals surface area contributed by atoms with Crippen molar-refractivity contribution in [1.29, 1.82) is 0 Å². The van der Waals surface area contributed by atoms with Crippen molar-refractivity contribution in [2.24, 2.45) is 5.41 Å². The van der Waals surface area contributed by atoms with Crippen LogP contribution in [0.15, 0.2) is 24.8 Å². The van der Waals surface area contributed by atoms with E-state index in [0.29, 0.717) is 0 Å². The molecule has 1 rings (SSSR count). The maximum Gasteiger partial charge on any atom is 0.00400 e. The van der Waals surface area contributed by atoms with Crippen molar-refractivity contribution in [3.8, 4) is 0 Å². The molecule has 0 heterocycles. The summed E-state index contributed by atoms with van der Waals surface area (Å²) < 4.78 is 0. The number of nitrogens with one attached hydrogen (secondary N) is 1. The topological polar surface area (TPSA) is 12.0 Å². The summed E-state index contributed by atoms with van der Waals surface area (Å²) in [6.45, 7) is 13.8. The number of aryl methyl sites for hydroxylation is 3. The lowest BCUT2D eigenvalue weighted by molar-refractivity contribution is 0.405. The number of hydrogen-bond acceptors (Lipinski definition) is 1. The zero-order valence-corrected chi connectivity index (χ0v) is 11.9. The van der Waals surface area contributed by atoms with Crippen molar-refractivity contribution in [3.63, 3.8) is 0 Å². The van der Waals surface area contributed by atoms with Gasteiger partial charge in [-0.3, -0.25) is 0 Å². The highest BCUT2D eigenvalue weighted by Crippen LogP contribution is 2.27. The summed E-state index contributed by atoms with van der Waals surface area (Å²) in [6.07, 6.45) is 3.12. The molecule has 0 spiro atoms. The molecule has 0 aliphatic carbocycles. The first-order valence-corrected chi connectivity index (χ1v) is 6.27. The van der Waals surface area contributed by atoms with E-state index in [1.807, 2.05) is 7.05 Å². The van der Waals surface area contributed by atoms with Crippen LogP contribution in [0.2, 0.25) is 0 Å². The molecule has 0 saturated carbocycles. The van der Waals surface area contributed by atoms with Crippen LogP contribution in [0.1, 0.15) is 29.2 Å². The monoisotopic (exact) mass is 231 g/mol. The van der Waals surface area contributed by atoms with Gasteiger partial charge in [0.2, 0.25) is 0 Å². The highest BCUT2D eigenvalue weighted by Gasteiger charge is 2.21. The summed E-state index contributed by atoms with van der Waals surface area (Å²) >= 11 is 0. The Morgan fingerprint density at radius 2 is 1.76 bits per heavy atom. The predicted molar refractivity (Wildman–Crippen MR) is 76.6 cm³/mol. The van der Waals surface area contributed by atoms with Crippen molar-refractivity contribution < 1.29 is 0 Å². The molecule has 1 atom stereocenters. The molecule has 0 saturated heterocycles. The van der Waals surface area contributed by atoms with Gasteiger partial charge in [-0.2, -0.15) is 0 Å². The lowest BCUT2D eigenvalue weighted by atomic mass is 9.80. The van der Waals surface area contributed by atoms with Crippen LogP contribution in [0.5, 0.6) is 0 Å². The Kier molecular flexibility index (Phi) is 4.53. The van der Waals surface area contributed by atoms with E-state index in [0.717, 1.165) is 13.0 Å². The molecule has 17 heavy (non-hydrogen) atoms. The average molecular weight is 231 g/mol. The number of benzene rings is 1. The molecule has 1 unspecified atom stereocenters. The fourth-order valence-electron chi connectivity index (χ4n) is 2.50. The Labute approximate surface area is 106 Å². The van der Waals surface area contributed by atoms with Gasteiger partial charge in [-0.1, -0.05) is 30.7 Å². The third kappa shape index (κ3) is 3.44. The minimum atomic E-state index is 0.125. The number of hydrogen-bond donors (Lipinski definition) is 1. The molecule has 1 N–H and O–H groups in total. The molecule has 0 aliphatic rings. The molecule has 0 bridgehead atoms. The third-order valence-corrected chi connectivity index (χ3v) is 3.49. The van der Waals surface area contributed by atoms with E-state index < -0.39 is 0 Å². The highest BCUT2D eigenvalue weighted by molar-refractivity contribution is 5.38. The van der Waals surface area contributed by atoms with E-state index in [4.69, 9.17) is 0 Å². The van der Waals surface area contributed by atoms with Crippen molar-refractivity contribution in [2.45, 2.75) is 34.1 Å². The van der Waals surface area contributed by atoms with Crippen LogP contribution in [0, 0.1) is 26.2 Å². The normalized spacial score (nSPS) is 14.4. The molecule has 0 aromatic heterocycles. The second-order valence-corrected chi connectivity index (χ2v) is 5.44. The molecule has 0 amide bonds. The predicted octanol–water partition coefficient (Wildman–Crippen LogP) is 3.57. The van der Waals surface area contributed by atoms with Gasteiger partial charge >= 0.3 is 0 Å². The van der Waals surface area contributed by atoms with Crippen LogP contribution < -0.4 is 5.32 Å². The molecule has 1 aromatic rings. The largest absolute Gasteiger partial charge is 0.319 e. The zero-order valence-electron chi connectivity index (χ0n) is 11.9. The van der Waals surface area contributed by atoms with Crippen LogP contribution in [-0.4, -0.2) is 13.6 Å². The standard InChI is InChI=1S/C16H25N/c1-7-16(5,11-17-6)10-15-13(3)8-12(2)9-14(15)4/h7-9,17H,1,10-11H2,2-6H3. The minimum Gasteiger partial charge on any atom is -0.319 e. The Hall–Kier alpha value is -1.08. The van der Waals surface area contributed by atoms with Crippen LogP contribution in [-0.2, 0) is 6.42 Å². The molecule has 1 heteroatoms. The minimum absolute atomic E-state index is 0.125. The van der Waals surface area contributed by atoms with Gasteiger partial charge in [0, 0.05) is 12.0 Å². The fourth-order valence-corrected chi connectivity index (χ4v) is 2.50. The van der Waals surface area contributed by atoms with E-state index >= 15 is 0 Å². The molecule has 0 radical (unpaired) electrons. The van der Waals surface area contributed by atoms with E-state index in [2.05, 4.69) is 57.8 Å². The first-order valence-electron chi connectivity index (χ1n) is 6.27. The Bertz CT molecular complexity index is 383. The van der Waals surface area contributed by atoms with Crippen molar-refractivity contribution in [1.82, 2.24) is 5.32 Å². The summed E-state index contributed by atoms with van der Waals surface area (Å²) in [5, 5.41) is 3.26. The summed E-state index contributed by atoms with van der Waals surface area (Å²) in [5.74, 6) is 0. The summed E-state index contributed by atoms with van der Waals surface area (Å²) in [5.41, 5.74) is 5.73. The van der Waals surface area contributed by atoms with Gasteiger partial charge in [-0.05, 0) is 50.9 Å². The Morgan fingerprint density at radius 3 is 2.18 bits per heavy atom. The Morgan fingerprint density at radius 1 is 1.24 bits per heavy atom. The Balaban J connectivity index is 3.05. The smallest absolute Gasteiger partial charge is 0.00400 e. The second-order valence-electron chi connectivity index (χ2n) is 5.44. The lowest BCUT2D eigenvalue weighted by Crippen LogP contribution is -2.30. The highest BCUT2D eigenvalue weighted by atomic mass is 14.8. The molecule has 0 fully saturated rings. The van der Waals surface area contributed by atoms with Crippen molar-refractivity contribution in [3.05, 3.63) is 47.0 Å². The summed E-state index contributed by atoms with van der Waals surface area (Å²) in [6, 6.07) is 4.54. The van der Waals surface area contributed by atoms with Crippen LogP contribution in [0.25, 0.3) is 0 Å². The van der Waals surface area contributed by atoms with Crippen LogP contribution in [0.4, 0.5) is 0 Å². The average Bonchev–Trinajstić information content (AvgIpc) is 2.24. The maximum atomic E-state index is 3.98. The van der Waals surface area contributed by atoms with E-state index in [1.165, 1.54) is 22.3 Å². The van der Waals surface area contributed by atoms with E-state index in [9.17, 15) is 0 Å². The summed E-state index contributed by atoms with van der Waals surface area (Å²) in [4.78, 5) is 0. The van der Waals surface area contributed by atoms with Crippen LogP contribution in [0.3, 0.4) is 0 Å². The molecular formula is C16H25N. The van der Waals surface area contributed by atoms with E-state index in [-0.39, 0.29) is 5.41 Å². The molecule has 0 aliphatic heterocycles. The van der Waals surface area contributed by atoms with Crippen LogP contribution >= 0.6 is 0 Å². The fraction of sp³-hybridized carbons (Fsp3) is 0.500. The molecule has 1 aromatic carbocycles. The van der Waals surface area contributed by atoms with Gasteiger partial charge in [0.05, 0.1) is 0 Å². The zero-order chi connectivity index (χ0) is 13.1. The summed E-state index contributed by atoms with van der Waals surface area (Å²) in [7, 11) is 2.00. The second kappa shape index (κ2) is 5.50. The first-order chi connectivity index (χ1) is 7.91. The van der Waals surface area contributed by atoms with Gasteiger partial charge in [-0.25, -0.2) is 0 Å². The maximum absolute atomic E-state index is 3.98. The lowest BCUT2D eigenvalue weighted by Gasteiger charge is -2.27. The van der Waals surface area contributed by atoms with Gasteiger partial charge in [0.25, 0.3) is 0 Å². The molecule has 1 nitrogen and oxygen atoms in total. The third-order valence-electron chi connectivity index (χ3n) is 3.49. The van der Waals surface area contributed by atoms with E-state index in [1.54, 1.807) is 0 Å². The first kappa shape index (κ1) is 14.0. The number of rotatable bonds is 5. The molecule has 94 valence electrons. The SMILES string of the molecule is C=CC(C)(CNC)Cc1c(C)cc(C)cc1C. The van der Waals surface area contributed by atoms with Crippen molar-refractivity contribution >= 4 is 0 Å². The van der Waals surface area contributed by atoms with Crippen molar-refractivity contribution in [2.75, 3.05) is 13.6 Å². The van der Waals surface area contributed by atoms with Gasteiger partial charge in [-0.15, -0.1) is 6.58 Å². The molecular weight excluding hydrogens is 206 g/mol. The quantitative estimate of drug-likeness (QED) is 0.764. The van der Waals surface area contributed by atoms with Gasteiger partial charge in [0.15, 0.2) is 0 Å². The van der Waals surface area contributed by atoms with Gasteiger partial charge < -0.3 is 5.32 Å².